The molecule has 1 fully saturated rings. The van der Waals surface area contributed by atoms with Crippen molar-refractivity contribution in [2.75, 3.05) is 19.6 Å². The maximum atomic E-state index is 13.2. The Morgan fingerprint density at radius 1 is 1.38 bits per heavy atom. The van der Waals surface area contributed by atoms with Crippen LogP contribution >= 0.6 is 28.3 Å². The Hall–Kier alpha value is -0.210. The molecule has 2 N–H and O–H groups in total. The average Bonchev–Trinajstić information content (AvgIpc) is 2.41. The lowest BCUT2D eigenvalue weighted by molar-refractivity contribution is 0.232. The summed E-state index contributed by atoms with van der Waals surface area (Å²) < 4.78 is 40.4. The van der Waals surface area contributed by atoms with Crippen molar-refractivity contribution >= 4 is 38.4 Å². The number of benzene rings is 1. The quantitative estimate of drug-likeness (QED) is 0.815. The number of sulfonamides is 1. The molecule has 0 bridgehead atoms. The molecule has 1 saturated heterocycles. The Balaban J connectivity index is 0.00000220. The van der Waals surface area contributed by atoms with Gasteiger partial charge in [0.25, 0.3) is 0 Å². The van der Waals surface area contributed by atoms with Crippen LogP contribution in [0.1, 0.15) is 19.8 Å². The molecule has 1 heterocycles. The van der Waals surface area contributed by atoms with Gasteiger partial charge in [0, 0.05) is 6.54 Å². The monoisotopic (exact) mass is 400 g/mol. The van der Waals surface area contributed by atoms with Crippen LogP contribution in [-0.4, -0.2) is 28.1 Å². The van der Waals surface area contributed by atoms with E-state index in [0.717, 1.165) is 32.0 Å². The Kier molecular flexibility index (Phi) is 6.61. The molecule has 1 aromatic carbocycles. The second-order valence-electron chi connectivity index (χ2n) is 5.46. The average molecular weight is 402 g/mol. The molecule has 1 aliphatic rings. The van der Waals surface area contributed by atoms with E-state index < -0.39 is 15.8 Å². The Bertz CT molecular complexity index is 592. The predicted molar refractivity (Wildman–Crippen MR) is 86.7 cm³/mol. The summed E-state index contributed by atoms with van der Waals surface area (Å²) in [6.07, 6.45) is 1.87. The van der Waals surface area contributed by atoms with Gasteiger partial charge < -0.3 is 5.32 Å². The number of hydrogen-bond donors (Lipinski definition) is 2. The lowest BCUT2D eigenvalue weighted by atomic mass is 9.81. The first-order valence-electron chi connectivity index (χ1n) is 6.48. The minimum atomic E-state index is -3.60. The van der Waals surface area contributed by atoms with Crippen LogP contribution in [0.4, 0.5) is 4.39 Å². The predicted octanol–water partition coefficient (Wildman–Crippen LogP) is 2.68. The Morgan fingerprint density at radius 2 is 2.00 bits per heavy atom. The molecule has 120 valence electrons. The lowest BCUT2D eigenvalue weighted by Crippen LogP contribution is -2.42. The third kappa shape index (κ3) is 4.89. The van der Waals surface area contributed by atoms with Gasteiger partial charge in [0.15, 0.2) is 0 Å². The van der Waals surface area contributed by atoms with E-state index in [1.165, 1.54) is 12.1 Å². The van der Waals surface area contributed by atoms with Gasteiger partial charge in [0.1, 0.15) is 5.82 Å². The van der Waals surface area contributed by atoms with E-state index in [2.05, 4.69) is 32.9 Å². The lowest BCUT2D eigenvalue weighted by Gasteiger charge is -2.34. The second kappa shape index (κ2) is 7.37. The fraction of sp³-hybridized carbons (Fsp3) is 0.538. The van der Waals surface area contributed by atoms with Gasteiger partial charge in [0.2, 0.25) is 10.0 Å². The van der Waals surface area contributed by atoms with E-state index in [1.54, 1.807) is 0 Å². The van der Waals surface area contributed by atoms with E-state index in [4.69, 9.17) is 0 Å². The topological polar surface area (TPSA) is 58.2 Å². The fourth-order valence-corrected chi connectivity index (χ4v) is 3.96. The smallest absolute Gasteiger partial charge is 0.240 e. The maximum absolute atomic E-state index is 13.2. The number of hydrogen-bond acceptors (Lipinski definition) is 3. The third-order valence-electron chi connectivity index (χ3n) is 3.70. The zero-order valence-electron chi connectivity index (χ0n) is 11.7. The SMILES string of the molecule is CC1(CNS(=O)(=O)c2ccc(F)c(Br)c2)CCNCC1.Cl. The van der Waals surface area contributed by atoms with Crippen LogP contribution in [-0.2, 0) is 10.0 Å². The van der Waals surface area contributed by atoms with Crippen molar-refractivity contribution in [2.24, 2.45) is 5.41 Å². The van der Waals surface area contributed by atoms with Crippen molar-refractivity contribution in [2.45, 2.75) is 24.7 Å². The van der Waals surface area contributed by atoms with Gasteiger partial charge in [-0.3, -0.25) is 0 Å². The number of halogens is 3. The molecule has 0 spiro atoms. The van der Waals surface area contributed by atoms with E-state index in [1.807, 2.05) is 0 Å². The molecule has 1 aliphatic heterocycles. The molecule has 21 heavy (non-hydrogen) atoms. The first kappa shape index (κ1) is 18.8. The highest BCUT2D eigenvalue weighted by molar-refractivity contribution is 9.10. The molecule has 0 atom stereocenters. The highest BCUT2D eigenvalue weighted by Crippen LogP contribution is 2.27. The van der Waals surface area contributed by atoms with Crippen molar-refractivity contribution in [3.63, 3.8) is 0 Å². The maximum Gasteiger partial charge on any atom is 0.240 e. The second-order valence-corrected chi connectivity index (χ2v) is 8.08. The van der Waals surface area contributed by atoms with E-state index in [-0.39, 0.29) is 27.2 Å². The van der Waals surface area contributed by atoms with Crippen LogP contribution in [0.2, 0.25) is 0 Å². The van der Waals surface area contributed by atoms with Crippen LogP contribution in [0.5, 0.6) is 0 Å². The van der Waals surface area contributed by atoms with E-state index >= 15 is 0 Å². The molecule has 4 nitrogen and oxygen atoms in total. The minimum absolute atomic E-state index is 0. The largest absolute Gasteiger partial charge is 0.317 e. The molecule has 0 aliphatic carbocycles. The molecule has 0 amide bonds. The molecular weight excluding hydrogens is 383 g/mol. The van der Waals surface area contributed by atoms with Crippen molar-refractivity contribution in [3.8, 4) is 0 Å². The molecule has 2 rings (SSSR count). The highest BCUT2D eigenvalue weighted by Gasteiger charge is 2.28. The summed E-state index contributed by atoms with van der Waals surface area (Å²) >= 11 is 3.00. The van der Waals surface area contributed by atoms with Gasteiger partial charge >= 0.3 is 0 Å². The molecule has 0 unspecified atom stereocenters. The van der Waals surface area contributed by atoms with Gasteiger partial charge in [0.05, 0.1) is 9.37 Å². The zero-order chi connectivity index (χ0) is 14.8. The van der Waals surface area contributed by atoms with Gasteiger partial charge in [-0.2, -0.15) is 0 Å². The first-order valence-corrected chi connectivity index (χ1v) is 8.76. The summed E-state index contributed by atoms with van der Waals surface area (Å²) in [4.78, 5) is 0.0725. The van der Waals surface area contributed by atoms with Crippen LogP contribution in [0.3, 0.4) is 0 Å². The normalized spacial score (nSPS) is 18.0. The summed E-state index contributed by atoms with van der Waals surface area (Å²) in [5, 5.41) is 3.26. The summed E-state index contributed by atoms with van der Waals surface area (Å²) in [6, 6.07) is 3.69. The van der Waals surface area contributed by atoms with Crippen molar-refractivity contribution in [1.29, 1.82) is 0 Å². The van der Waals surface area contributed by atoms with Crippen molar-refractivity contribution in [3.05, 3.63) is 28.5 Å². The van der Waals surface area contributed by atoms with Gasteiger partial charge in [-0.1, -0.05) is 6.92 Å². The summed E-state index contributed by atoms with van der Waals surface area (Å²) in [7, 11) is -3.60. The zero-order valence-corrected chi connectivity index (χ0v) is 14.9. The van der Waals surface area contributed by atoms with Crippen molar-refractivity contribution in [1.82, 2.24) is 10.0 Å². The van der Waals surface area contributed by atoms with E-state index in [9.17, 15) is 12.8 Å². The molecule has 1 aromatic rings. The van der Waals surface area contributed by atoms with E-state index in [0.29, 0.717) is 6.54 Å². The molecule has 0 radical (unpaired) electrons. The first-order chi connectivity index (χ1) is 9.32. The number of piperidine rings is 1. The summed E-state index contributed by atoms with van der Waals surface area (Å²) in [5.41, 5.74) is -0.0322. The van der Waals surface area contributed by atoms with Crippen LogP contribution < -0.4 is 10.0 Å². The number of rotatable bonds is 4. The van der Waals surface area contributed by atoms with Gasteiger partial charge in [-0.05, 0) is 65.5 Å². The van der Waals surface area contributed by atoms with Crippen LogP contribution in [0, 0.1) is 11.2 Å². The molecule has 8 heteroatoms. The highest BCUT2D eigenvalue weighted by atomic mass is 79.9. The summed E-state index contributed by atoms with van der Waals surface area (Å²) in [5.74, 6) is -0.478. The summed E-state index contributed by atoms with van der Waals surface area (Å²) in [6.45, 7) is 4.28. The number of nitrogens with one attached hydrogen (secondary N) is 2. The molecular formula is C13H19BrClFN2O2S. The Morgan fingerprint density at radius 3 is 2.57 bits per heavy atom. The van der Waals surface area contributed by atoms with Gasteiger partial charge in [-0.25, -0.2) is 17.5 Å². The van der Waals surface area contributed by atoms with Crippen molar-refractivity contribution < 1.29 is 12.8 Å². The Labute approximate surface area is 139 Å². The van der Waals surface area contributed by atoms with Crippen LogP contribution in [0.15, 0.2) is 27.6 Å². The van der Waals surface area contributed by atoms with Crippen LogP contribution in [0.25, 0.3) is 0 Å². The minimum Gasteiger partial charge on any atom is -0.317 e. The molecule has 0 aromatic heterocycles. The fourth-order valence-electron chi connectivity index (χ4n) is 2.20. The standard InChI is InChI=1S/C13H18BrFN2O2S.ClH/c1-13(4-6-16-7-5-13)9-17-20(18,19)10-2-3-12(15)11(14)8-10;/h2-3,8,16-17H,4-7,9H2,1H3;1H. The third-order valence-corrected chi connectivity index (χ3v) is 5.71. The molecule has 0 saturated carbocycles. The van der Waals surface area contributed by atoms with Gasteiger partial charge in [-0.15, -0.1) is 12.4 Å².